The molecule has 22 heavy (non-hydrogen) atoms. The highest BCUT2D eigenvalue weighted by molar-refractivity contribution is 7.09. The number of hydrogen-bond donors (Lipinski definition) is 1. The van der Waals surface area contributed by atoms with E-state index in [0.717, 1.165) is 30.1 Å². The number of aryl methyl sites for hydroxylation is 1. The van der Waals surface area contributed by atoms with Crippen molar-refractivity contribution in [1.29, 1.82) is 0 Å². The van der Waals surface area contributed by atoms with Crippen molar-refractivity contribution >= 4 is 28.1 Å². The van der Waals surface area contributed by atoms with Crippen LogP contribution in [0, 0.1) is 0 Å². The fourth-order valence-electron chi connectivity index (χ4n) is 2.48. The van der Waals surface area contributed by atoms with Crippen molar-refractivity contribution in [2.45, 2.75) is 25.4 Å². The van der Waals surface area contributed by atoms with Gasteiger partial charge in [-0.25, -0.2) is 9.55 Å². The second-order valence-electron chi connectivity index (χ2n) is 5.77. The average molecular weight is 312 g/mol. The quantitative estimate of drug-likeness (QED) is 0.454. The van der Waals surface area contributed by atoms with Gasteiger partial charge in [0.2, 0.25) is 0 Å². The van der Waals surface area contributed by atoms with Gasteiger partial charge >= 0.3 is 0 Å². The lowest BCUT2D eigenvalue weighted by atomic mass is 10.3. The molecule has 1 fully saturated rings. The van der Waals surface area contributed by atoms with Crippen molar-refractivity contribution in [3.8, 4) is 0 Å². The molecule has 6 heteroatoms. The predicted octanol–water partition coefficient (Wildman–Crippen LogP) is 1.84. The Hall–Kier alpha value is -2.21. The van der Waals surface area contributed by atoms with E-state index in [-0.39, 0.29) is 0 Å². The first-order chi connectivity index (χ1) is 10.7. The molecular formula is C16H18N5S+. The third-order valence-electron chi connectivity index (χ3n) is 3.84. The molecule has 0 aliphatic heterocycles. The lowest BCUT2D eigenvalue weighted by Gasteiger charge is -2.01. The van der Waals surface area contributed by atoms with Crippen LogP contribution in [0.3, 0.4) is 0 Å². The van der Waals surface area contributed by atoms with E-state index in [1.165, 1.54) is 10.9 Å². The van der Waals surface area contributed by atoms with Crippen molar-refractivity contribution in [3.63, 3.8) is 0 Å². The second kappa shape index (κ2) is 5.21. The number of amidine groups is 1. The highest BCUT2D eigenvalue weighted by Gasteiger charge is 2.21. The largest absolute Gasteiger partial charge is 0.382 e. The lowest BCUT2D eigenvalue weighted by Crippen LogP contribution is -2.26. The van der Waals surface area contributed by atoms with Gasteiger partial charge < -0.3 is 10.3 Å². The summed E-state index contributed by atoms with van der Waals surface area (Å²) in [5, 5.41) is 4.29. The molecule has 4 rings (SSSR count). The molecule has 5 nitrogen and oxygen atoms in total. The summed E-state index contributed by atoms with van der Waals surface area (Å²) < 4.78 is 4.28. The number of rotatable bonds is 4. The molecule has 3 heterocycles. The number of pyridine rings is 1. The standard InChI is InChI=1S/C16H18N5S/c1-20-6-4-11-5-7-21(14(11)8-20)9-15-19-13(10-22-15)16(17)18-12-2-3-12/h4-8,10,12H,2-3,9H2,1H3,(H2,17,18)/q+1. The summed E-state index contributed by atoms with van der Waals surface area (Å²) in [7, 11) is 2.04. The molecule has 112 valence electrons. The molecule has 0 unspecified atom stereocenters. The number of nitrogens with two attached hydrogens (primary N) is 1. The number of aliphatic imine (C=N–C) groups is 1. The van der Waals surface area contributed by atoms with Gasteiger partial charge in [0.25, 0.3) is 0 Å². The molecule has 0 amide bonds. The summed E-state index contributed by atoms with van der Waals surface area (Å²) in [5.74, 6) is 0.578. The second-order valence-corrected chi connectivity index (χ2v) is 6.71. The normalized spacial score (nSPS) is 15.6. The summed E-state index contributed by atoms with van der Waals surface area (Å²) in [5.41, 5.74) is 8.04. The van der Waals surface area contributed by atoms with Gasteiger partial charge in [-0.15, -0.1) is 11.3 Å². The third kappa shape index (κ3) is 2.62. The van der Waals surface area contributed by atoms with Crippen LogP contribution in [0.1, 0.15) is 23.5 Å². The van der Waals surface area contributed by atoms with E-state index in [2.05, 4.69) is 49.8 Å². The van der Waals surface area contributed by atoms with Crippen LogP contribution in [0.4, 0.5) is 0 Å². The van der Waals surface area contributed by atoms with Crippen LogP contribution in [0.2, 0.25) is 0 Å². The van der Waals surface area contributed by atoms with Gasteiger partial charge in [0.05, 0.1) is 12.6 Å². The monoisotopic (exact) mass is 312 g/mol. The van der Waals surface area contributed by atoms with Crippen molar-refractivity contribution in [1.82, 2.24) is 9.55 Å². The van der Waals surface area contributed by atoms with Gasteiger partial charge in [0.15, 0.2) is 12.4 Å². The van der Waals surface area contributed by atoms with Crippen LogP contribution in [0.5, 0.6) is 0 Å². The maximum Gasteiger partial charge on any atom is 0.193 e. The molecule has 1 aliphatic rings. The maximum absolute atomic E-state index is 6.02. The van der Waals surface area contributed by atoms with Crippen molar-refractivity contribution in [2.75, 3.05) is 0 Å². The van der Waals surface area contributed by atoms with Crippen LogP contribution in [-0.2, 0) is 13.6 Å². The SMILES string of the molecule is C[n+]1ccc2ccn(Cc3nc(C(N)=NC4CC4)cs3)c2c1. The van der Waals surface area contributed by atoms with Crippen LogP contribution in [0.15, 0.2) is 41.1 Å². The van der Waals surface area contributed by atoms with Gasteiger partial charge in [0, 0.05) is 23.0 Å². The Bertz CT molecular complexity index is 856. The zero-order valence-corrected chi connectivity index (χ0v) is 13.3. The van der Waals surface area contributed by atoms with Crippen LogP contribution >= 0.6 is 11.3 Å². The van der Waals surface area contributed by atoms with E-state index in [9.17, 15) is 0 Å². The molecule has 0 bridgehead atoms. The molecule has 0 atom stereocenters. The minimum absolute atomic E-state index is 0.429. The minimum atomic E-state index is 0.429. The summed E-state index contributed by atoms with van der Waals surface area (Å²) >= 11 is 1.64. The van der Waals surface area contributed by atoms with Gasteiger partial charge in [-0.3, -0.25) is 4.99 Å². The van der Waals surface area contributed by atoms with E-state index in [1.807, 2.05) is 12.4 Å². The van der Waals surface area contributed by atoms with Gasteiger partial charge in [-0.2, -0.15) is 0 Å². The zero-order valence-electron chi connectivity index (χ0n) is 12.4. The molecule has 0 saturated heterocycles. The highest BCUT2D eigenvalue weighted by Crippen LogP contribution is 2.24. The van der Waals surface area contributed by atoms with Crippen molar-refractivity contribution < 1.29 is 4.57 Å². The Morgan fingerprint density at radius 2 is 2.36 bits per heavy atom. The number of nitrogens with zero attached hydrogens (tertiary/aromatic N) is 4. The lowest BCUT2D eigenvalue weighted by molar-refractivity contribution is -0.670. The topological polar surface area (TPSA) is 60.1 Å². The zero-order chi connectivity index (χ0) is 15.1. The van der Waals surface area contributed by atoms with E-state index < -0.39 is 0 Å². The van der Waals surface area contributed by atoms with Crippen LogP contribution < -0.4 is 10.3 Å². The Labute approximate surface area is 132 Å². The highest BCUT2D eigenvalue weighted by atomic mass is 32.1. The Kier molecular flexibility index (Phi) is 3.18. The van der Waals surface area contributed by atoms with E-state index in [1.54, 1.807) is 11.3 Å². The molecule has 2 N–H and O–H groups in total. The smallest absolute Gasteiger partial charge is 0.193 e. The Morgan fingerprint density at radius 1 is 1.50 bits per heavy atom. The van der Waals surface area contributed by atoms with Gasteiger partial charge in [-0.1, -0.05) is 0 Å². The molecule has 0 spiro atoms. The molecule has 1 aliphatic carbocycles. The van der Waals surface area contributed by atoms with Crippen molar-refractivity contribution in [3.05, 3.63) is 46.8 Å². The van der Waals surface area contributed by atoms with Crippen LogP contribution in [0.25, 0.3) is 10.9 Å². The first-order valence-electron chi connectivity index (χ1n) is 7.41. The van der Waals surface area contributed by atoms with E-state index in [0.29, 0.717) is 11.9 Å². The fourth-order valence-corrected chi connectivity index (χ4v) is 3.26. The maximum atomic E-state index is 6.02. The Balaban J connectivity index is 1.60. The summed E-state index contributed by atoms with van der Waals surface area (Å²) in [6, 6.07) is 4.69. The first-order valence-corrected chi connectivity index (χ1v) is 8.29. The average Bonchev–Trinajstić information content (AvgIpc) is 3.05. The summed E-state index contributed by atoms with van der Waals surface area (Å²) in [4.78, 5) is 9.09. The van der Waals surface area contributed by atoms with Crippen LogP contribution in [-0.4, -0.2) is 21.4 Å². The predicted molar refractivity (Wildman–Crippen MR) is 88.1 cm³/mol. The van der Waals surface area contributed by atoms with Crippen molar-refractivity contribution in [2.24, 2.45) is 17.8 Å². The number of aromatic nitrogens is 3. The summed E-state index contributed by atoms with van der Waals surface area (Å²) in [6.07, 6.45) is 8.61. The Morgan fingerprint density at radius 3 is 3.18 bits per heavy atom. The van der Waals surface area contributed by atoms with E-state index in [4.69, 9.17) is 5.73 Å². The molecule has 3 aromatic rings. The molecule has 3 aromatic heterocycles. The molecule has 0 radical (unpaired) electrons. The number of fused-ring (bicyclic) bond motifs is 1. The minimum Gasteiger partial charge on any atom is -0.382 e. The number of thiazole rings is 1. The van der Waals surface area contributed by atoms with E-state index >= 15 is 0 Å². The van der Waals surface area contributed by atoms with Gasteiger partial charge in [0.1, 0.15) is 29.1 Å². The molecule has 1 saturated carbocycles. The summed E-state index contributed by atoms with van der Waals surface area (Å²) in [6.45, 7) is 0.759. The third-order valence-corrected chi connectivity index (χ3v) is 4.68. The van der Waals surface area contributed by atoms with Gasteiger partial charge in [-0.05, 0) is 18.9 Å². The first kappa shape index (κ1) is 13.5. The molecule has 0 aromatic carbocycles. The number of hydrogen-bond acceptors (Lipinski definition) is 3. The molecular weight excluding hydrogens is 294 g/mol. The fraction of sp³-hybridized carbons (Fsp3) is 0.312.